The molecule has 0 N–H and O–H groups in total. The monoisotopic (exact) mass is 311 g/mol. The van der Waals surface area contributed by atoms with Gasteiger partial charge in [-0.3, -0.25) is 0 Å². The van der Waals surface area contributed by atoms with E-state index in [1.807, 2.05) is 0 Å². The van der Waals surface area contributed by atoms with Crippen LogP contribution in [0.15, 0.2) is 0 Å². The van der Waals surface area contributed by atoms with Crippen LogP contribution >= 0.6 is 0 Å². The molecule has 0 aromatic heterocycles. The molecule has 12 heteroatoms. The van der Waals surface area contributed by atoms with E-state index in [2.05, 4.69) is 0 Å². The molecule has 8 nitrogen and oxygen atoms in total. The SMILES string of the molecule is [C-]#N.[C-]#N.[C-]#N.[C-]#N.[C-]#N.[C-]#N.[Fe+6].[N-]=O.[Na+].[Na].[Na]. The zero-order valence-electron chi connectivity index (χ0n) is 9.89. The Balaban J connectivity index is -0.00000000340. The second-order valence-electron chi connectivity index (χ2n) is 0. The summed E-state index contributed by atoms with van der Waals surface area (Å²) < 4.78 is 0. The van der Waals surface area contributed by atoms with Gasteiger partial charge < -0.3 is 81.5 Å². The molecule has 0 aromatic rings. The predicted molar refractivity (Wildman–Crippen MR) is 48.0 cm³/mol. The Hall–Kier alpha value is 0.0595. The van der Waals surface area contributed by atoms with Gasteiger partial charge in [-0.1, -0.05) is 0 Å². The fourth-order valence-corrected chi connectivity index (χ4v) is 0. The first kappa shape index (κ1) is 105. The van der Waals surface area contributed by atoms with Crippen molar-refractivity contribution in [3.8, 4) is 0 Å². The quantitative estimate of drug-likeness (QED) is 0.340. The minimum atomic E-state index is 0. The van der Waals surface area contributed by atoms with Crippen molar-refractivity contribution in [2.24, 2.45) is 0 Å². The van der Waals surface area contributed by atoms with Gasteiger partial charge in [0.2, 0.25) is 0 Å². The maximum absolute atomic E-state index is 7.25. The van der Waals surface area contributed by atoms with Crippen molar-refractivity contribution in [2.75, 3.05) is 0 Å². The van der Waals surface area contributed by atoms with Crippen LogP contribution in [0.2, 0.25) is 0 Å². The van der Waals surface area contributed by atoms with Crippen LogP contribution < -0.4 is 29.6 Å². The summed E-state index contributed by atoms with van der Waals surface area (Å²) in [4.78, 5) is 7.25. The first-order chi connectivity index (χ1) is 7.00. The van der Waals surface area contributed by atoms with Gasteiger partial charge in [0, 0.05) is 59.1 Å². The van der Waals surface area contributed by atoms with Crippen molar-refractivity contribution in [2.45, 2.75) is 0 Å². The van der Waals surface area contributed by atoms with Gasteiger partial charge >= 0.3 is 46.6 Å². The van der Waals surface area contributed by atoms with Gasteiger partial charge in [-0.2, -0.15) is 0 Å². The minimum absolute atomic E-state index is 0. The molecule has 0 heterocycles. The molecule has 0 saturated heterocycles. The predicted octanol–water partition coefficient (Wildman–Crippen LogP) is -2.86. The molecule has 0 saturated carbocycles. The number of hydrogen-bond acceptors (Lipinski definition) is 7. The summed E-state index contributed by atoms with van der Waals surface area (Å²) in [6.07, 6.45) is 0. The van der Waals surface area contributed by atoms with Crippen LogP contribution in [0.25, 0.3) is 5.59 Å². The zero-order valence-corrected chi connectivity index (χ0v) is 17.0. The van der Waals surface area contributed by atoms with Crippen LogP contribution in [-0.4, -0.2) is 59.1 Å². The van der Waals surface area contributed by atoms with Crippen LogP contribution in [0, 0.1) is 75.9 Å². The first-order valence-electron chi connectivity index (χ1n) is 1.52. The molecule has 0 amide bonds. The molecule has 0 spiro atoms. The Bertz CT molecular complexity index is 122. The minimum Gasteiger partial charge on any atom is -0.577 e. The molecular formula is C6FeN7Na3O. The molecule has 0 unspecified atom stereocenters. The standard InChI is InChI=1S/6CN.Fe.NO.3Na/c6*1-2;;1-2;;;/q6*-1;+6;-1;;;+1. The zero-order chi connectivity index (χ0) is 14.0. The van der Waals surface area contributed by atoms with Crippen LogP contribution in [0.5, 0.6) is 0 Å². The van der Waals surface area contributed by atoms with Gasteiger partial charge in [0.1, 0.15) is 0 Å². The van der Waals surface area contributed by atoms with E-state index in [0.717, 1.165) is 0 Å². The van der Waals surface area contributed by atoms with Crippen molar-refractivity contribution < 1.29 is 46.6 Å². The van der Waals surface area contributed by atoms with Gasteiger partial charge in [-0.15, -0.1) is 0 Å². The Morgan fingerprint density at radius 1 is 0.500 bits per heavy atom. The van der Waals surface area contributed by atoms with Crippen molar-refractivity contribution >= 4 is 59.1 Å². The molecule has 0 rings (SSSR count). The van der Waals surface area contributed by atoms with E-state index in [9.17, 15) is 0 Å². The second-order valence-corrected chi connectivity index (χ2v) is 0. The summed E-state index contributed by atoms with van der Waals surface area (Å²) in [5.41, 5.74) is 5.75. The fourth-order valence-electron chi connectivity index (χ4n) is 0. The number of nitrogens with zero attached hydrogens (tertiary/aromatic N) is 7. The molecule has 0 bridgehead atoms. The molecule has 0 aliphatic heterocycles. The van der Waals surface area contributed by atoms with E-state index in [0.29, 0.717) is 0 Å². The third kappa shape index (κ3) is 1030000. The molecule has 76 valence electrons. The van der Waals surface area contributed by atoms with Gasteiger partial charge in [-0.25, -0.2) is 0 Å². The van der Waals surface area contributed by atoms with Gasteiger partial charge in [0.05, 0.1) is 0 Å². The van der Waals surface area contributed by atoms with Crippen molar-refractivity contribution in [1.82, 2.24) is 0 Å². The number of nitroso groups, excluding NO2 is 1. The third-order valence-electron chi connectivity index (χ3n) is 0. The number of rotatable bonds is 0. The Kier molecular flexibility index (Phi) is 7290000. The summed E-state index contributed by atoms with van der Waals surface area (Å²) in [5.74, 6) is 0. The van der Waals surface area contributed by atoms with Crippen molar-refractivity contribution in [3.05, 3.63) is 49.9 Å². The maximum Gasteiger partial charge on any atom is 6.00 e. The Labute approximate surface area is 184 Å². The van der Waals surface area contributed by atoms with E-state index < -0.39 is 0 Å². The van der Waals surface area contributed by atoms with Gasteiger partial charge in [0.15, 0.2) is 0 Å². The number of hydrogen-bond donors (Lipinski definition) is 0. The average molecular weight is 311 g/mol. The molecule has 0 aliphatic carbocycles. The van der Waals surface area contributed by atoms with Crippen LogP contribution in [0.3, 0.4) is 0 Å². The Morgan fingerprint density at radius 2 is 0.500 bits per heavy atom. The van der Waals surface area contributed by atoms with E-state index in [-0.39, 0.29) is 106 Å². The molecular weight excluding hydrogens is 311 g/mol. The summed E-state index contributed by atoms with van der Waals surface area (Å²) >= 11 is 0. The molecule has 0 fully saturated rings. The first-order valence-corrected chi connectivity index (χ1v) is 1.52. The smallest absolute Gasteiger partial charge is 0.577 e. The average Bonchev–Trinajstić information content (AvgIpc) is 2.45. The van der Waals surface area contributed by atoms with Crippen LogP contribution in [0.1, 0.15) is 0 Å². The normalized spacial score (nSPS) is 0.889. The van der Waals surface area contributed by atoms with Crippen LogP contribution in [0.4, 0.5) is 0 Å². The Morgan fingerprint density at radius 3 is 0.500 bits per heavy atom. The van der Waals surface area contributed by atoms with E-state index >= 15 is 0 Å². The third-order valence-corrected chi connectivity index (χ3v) is 0. The van der Waals surface area contributed by atoms with Crippen molar-refractivity contribution in [3.63, 3.8) is 0 Å². The fraction of sp³-hybridized carbons (Fsp3) is 0. The topological polar surface area (TPSA) is 182 Å². The molecule has 2 radical (unpaired) electrons. The maximum atomic E-state index is 7.25. The summed E-state index contributed by atoms with van der Waals surface area (Å²) in [6.45, 7) is 28.5. The van der Waals surface area contributed by atoms with Crippen LogP contribution in [-0.2, 0) is 17.1 Å². The van der Waals surface area contributed by atoms with E-state index in [1.54, 1.807) is 0 Å². The largest absolute Gasteiger partial charge is 6.00 e. The summed E-state index contributed by atoms with van der Waals surface area (Å²) in [5, 5.41) is 37.5. The van der Waals surface area contributed by atoms with Gasteiger partial charge in [0.25, 0.3) is 0 Å². The second kappa shape index (κ2) is 1240000. The van der Waals surface area contributed by atoms with E-state index in [4.69, 9.17) is 81.5 Å². The summed E-state index contributed by atoms with van der Waals surface area (Å²) in [7, 11) is 0. The molecule has 18 heavy (non-hydrogen) atoms. The summed E-state index contributed by atoms with van der Waals surface area (Å²) in [6, 6.07) is 0. The van der Waals surface area contributed by atoms with Gasteiger partial charge in [-0.05, 0) is 0 Å². The molecule has 0 aliphatic rings. The molecule has 0 aromatic carbocycles. The molecule has 0 atom stereocenters. The van der Waals surface area contributed by atoms with E-state index in [1.165, 1.54) is 0 Å². The van der Waals surface area contributed by atoms with Crippen molar-refractivity contribution in [1.29, 1.82) is 31.6 Å².